The first-order valence-corrected chi connectivity index (χ1v) is 4.30. The number of carbonyl (C=O) groups excluding carboxylic acids is 1. The van der Waals surface area contributed by atoms with E-state index in [9.17, 15) is 4.79 Å². The first-order chi connectivity index (χ1) is 6.74. The third kappa shape index (κ3) is 2.90. The van der Waals surface area contributed by atoms with Crippen molar-refractivity contribution >= 4 is 12.2 Å². The van der Waals surface area contributed by atoms with Crippen LogP contribution in [-0.2, 0) is 0 Å². The number of nitrogens with zero attached hydrogens (tertiary/aromatic N) is 1. The van der Waals surface area contributed by atoms with Crippen LogP contribution in [-0.4, -0.2) is 19.3 Å². The van der Waals surface area contributed by atoms with Crippen LogP contribution in [0.15, 0.2) is 29.4 Å². The zero-order chi connectivity index (χ0) is 10.4. The number of nitrogens with one attached hydrogen (secondary N) is 2. The minimum absolute atomic E-state index is 0.324. The van der Waals surface area contributed by atoms with Gasteiger partial charge in [-0.15, -0.1) is 0 Å². The van der Waals surface area contributed by atoms with Gasteiger partial charge < -0.3 is 5.32 Å². The van der Waals surface area contributed by atoms with Gasteiger partial charge in [0.15, 0.2) is 0 Å². The predicted octanol–water partition coefficient (Wildman–Crippen LogP) is 1.26. The molecule has 0 heterocycles. The van der Waals surface area contributed by atoms with Gasteiger partial charge in [0.2, 0.25) is 0 Å². The van der Waals surface area contributed by atoms with E-state index in [1.165, 1.54) is 0 Å². The first-order valence-electron chi connectivity index (χ1n) is 4.30. The highest BCUT2D eigenvalue weighted by Gasteiger charge is 1.93. The van der Waals surface area contributed by atoms with E-state index in [1.54, 1.807) is 13.3 Å². The topological polar surface area (TPSA) is 53.5 Å². The summed E-state index contributed by atoms with van der Waals surface area (Å²) in [5.41, 5.74) is 4.44. The molecule has 0 bridgehead atoms. The number of aryl methyl sites for hydroxylation is 1. The van der Waals surface area contributed by atoms with E-state index in [0.717, 1.165) is 11.1 Å². The van der Waals surface area contributed by atoms with Gasteiger partial charge in [0.25, 0.3) is 0 Å². The van der Waals surface area contributed by atoms with Gasteiger partial charge in [0.1, 0.15) is 0 Å². The summed E-state index contributed by atoms with van der Waals surface area (Å²) in [4.78, 5) is 10.8. The molecule has 2 N–H and O–H groups in total. The molecule has 0 aliphatic carbocycles. The van der Waals surface area contributed by atoms with E-state index in [1.807, 2.05) is 31.2 Å². The minimum Gasteiger partial charge on any atom is -0.340 e. The smallest absolute Gasteiger partial charge is 0.334 e. The van der Waals surface area contributed by atoms with E-state index < -0.39 is 0 Å². The van der Waals surface area contributed by atoms with E-state index in [0.29, 0.717) is 0 Å². The third-order valence-electron chi connectivity index (χ3n) is 1.79. The molecule has 4 heteroatoms. The molecule has 0 saturated carbocycles. The van der Waals surface area contributed by atoms with Crippen molar-refractivity contribution in [3.05, 3.63) is 35.4 Å². The van der Waals surface area contributed by atoms with E-state index in [4.69, 9.17) is 0 Å². The minimum atomic E-state index is -0.324. The quantitative estimate of drug-likeness (QED) is 0.536. The summed E-state index contributed by atoms with van der Waals surface area (Å²) >= 11 is 0. The second kappa shape index (κ2) is 5.01. The molecule has 0 saturated heterocycles. The Labute approximate surface area is 83.0 Å². The number of amides is 2. The van der Waals surface area contributed by atoms with Crippen LogP contribution >= 0.6 is 0 Å². The summed E-state index contributed by atoms with van der Waals surface area (Å²) in [7, 11) is 1.54. The SMILES string of the molecule is CNC(=O)N/N=C/c1ccccc1C. The van der Waals surface area contributed by atoms with Gasteiger partial charge in [-0.25, -0.2) is 10.2 Å². The molecule has 1 aromatic carbocycles. The van der Waals surface area contributed by atoms with Crippen LogP contribution in [0.2, 0.25) is 0 Å². The number of hydrogen-bond acceptors (Lipinski definition) is 2. The van der Waals surface area contributed by atoms with Gasteiger partial charge in [-0.05, 0) is 18.1 Å². The number of carbonyl (C=O) groups is 1. The molecule has 0 aliphatic rings. The summed E-state index contributed by atoms with van der Waals surface area (Å²) in [5.74, 6) is 0. The van der Waals surface area contributed by atoms with Crippen LogP contribution in [0.4, 0.5) is 4.79 Å². The zero-order valence-electron chi connectivity index (χ0n) is 8.24. The molecule has 0 aromatic heterocycles. The molecule has 0 fully saturated rings. The highest BCUT2D eigenvalue weighted by molar-refractivity contribution is 5.83. The molecule has 1 rings (SSSR count). The van der Waals surface area contributed by atoms with Crippen molar-refractivity contribution < 1.29 is 4.79 Å². The van der Waals surface area contributed by atoms with Crippen molar-refractivity contribution in [2.75, 3.05) is 7.05 Å². The second-order valence-electron chi connectivity index (χ2n) is 2.81. The third-order valence-corrected chi connectivity index (χ3v) is 1.79. The molecule has 0 radical (unpaired) electrons. The van der Waals surface area contributed by atoms with Crippen molar-refractivity contribution in [2.45, 2.75) is 6.92 Å². The molecule has 1 aromatic rings. The van der Waals surface area contributed by atoms with Crippen LogP contribution in [0, 0.1) is 6.92 Å². The van der Waals surface area contributed by atoms with Gasteiger partial charge in [0, 0.05) is 7.05 Å². The van der Waals surface area contributed by atoms with Crippen molar-refractivity contribution in [3.8, 4) is 0 Å². The molecule has 0 spiro atoms. The normalized spacial score (nSPS) is 10.1. The fourth-order valence-electron chi connectivity index (χ4n) is 0.948. The summed E-state index contributed by atoms with van der Waals surface area (Å²) in [6, 6.07) is 7.48. The van der Waals surface area contributed by atoms with Gasteiger partial charge in [-0.1, -0.05) is 24.3 Å². The number of benzene rings is 1. The van der Waals surface area contributed by atoms with Crippen LogP contribution in [0.1, 0.15) is 11.1 Å². The molecule has 14 heavy (non-hydrogen) atoms. The standard InChI is InChI=1S/C10H13N3O/c1-8-5-3-4-6-9(8)7-12-13-10(14)11-2/h3-7H,1-2H3,(H2,11,13,14)/b12-7+. The van der Waals surface area contributed by atoms with Crippen molar-refractivity contribution in [1.82, 2.24) is 10.7 Å². The fourth-order valence-corrected chi connectivity index (χ4v) is 0.948. The Bertz CT molecular complexity index is 347. The Hall–Kier alpha value is -1.84. The largest absolute Gasteiger partial charge is 0.340 e. The lowest BCUT2D eigenvalue weighted by Gasteiger charge is -1.98. The van der Waals surface area contributed by atoms with E-state index >= 15 is 0 Å². The highest BCUT2D eigenvalue weighted by atomic mass is 16.2. The van der Waals surface area contributed by atoms with Crippen LogP contribution < -0.4 is 10.7 Å². The fraction of sp³-hybridized carbons (Fsp3) is 0.200. The van der Waals surface area contributed by atoms with Gasteiger partial charge in [0.05, 0.1) is 6.21 Å². The number of rotatable bonds is 2. The maximum atomic E-state index is 10.8. The average molecular weight is 191 g/mol. The van der Waals surface area contributed by atoms with Crippen molar-refractivity contribution in [3.63, 3.8) is 0 Å². The molecule has 74 valence electrons. The summed E-state index contributed by atoms with van der Waals surface area (Å²) in [5, 5.41) is 6.19. The van der Waals surface area contributed by atoms with Crippen LogP contribution in [0.5, 0.6) is 0 Å². The van der Waals surface area contributed by atoms with Gasteiger partial charge in [-0.2, -0.15) is 5.10 Å². The molecule has 4 nitrogen and oxygen atoms in total. The maximum Gasteiger partial charge on any atom is 0.334 e. The molecule has 0 atom stereocenters. The Balaban J connectivity index is 2.60. The van der Waals surface area contributed by atoms with Crippen LogP contribution in [0.25, 0.3) is 0 Å². The van der Waals surface area contributed by atoms with Crippen LogP contribution in [0.3, 0.4) is 0 Å². The highest BCUT2D eigenvalue weighted by Crippen LogP contribution is 2.02. The van der Waals surface area contributed by atoms with E-state index in [2.05, 4.69) is 15.8 Å². The number of urea groups is 1. The maximum absolute atomic E-state index is 10.8. The lowest BCUT2D eigenvalue weighted by molar-refractivity contribution is 0.243. The monoisotopic (exact) mass is 191 g/mol. The Morgan fingerprint density at radius 2 is 2.14 bits per heavy atom. The predicted molar refractivity (Wildman–Crippen MR) is 56.4 cm³/mol. The Morgan fingerprint density at radius 1 is 1.43 bits per heavy atom. The van der Waals surface area contributed by atoms with Crippen molar-refractivity contribution in [1.29, 1.82) is 0 Å². The first kappa shape index (κ1) is 10.2. The molecule has 0 aliphatic heterocycles. The number of hydrazone groups is 1. The van der Waals surface area contributed by atoms with Gasteiger partial charge in [-0.3, -0.25) is 0 Å². The molecular formula is C10H13N3O. The molecular weight excluding hydrogens is 178 g/mol. The zero-order valence-corrected chi connectivity index (χ0v) is 8.24. The lowest BCUT2D eigenvalue weighted by atomic mass is 10.1. The van der Waals surface area contributed by atoms with Crippen molar-refractivity contribution in [2.24, 2.45) is 5.10 Å². The van der Waals surface area contributed by atoms with E-state index in [-0.39, 0.29) is 6.03 Å². The second-order valence-corrected chi connectivity index (χ2v) is 2.81. The molecule has 0 unspecified atom stereocenters. The summed E-state index contributed by atoms with van der Waals surface area (Å²) < 4.78 is 0. The average Bonchev–Trinajstić information content (AvgIpc) is 2.20. The Kier molecular flexibility index (Phi) is 3.67. The molecule has 2 amide bonds. The summed E-state index contributed by atoms with van der Waals surface area (Å²) in [6.07, 6.45) is 1.62. The lowest BCUT2D eigenvalue weighted by Crippen LogP contribution is -2.28. The Morgan fingerprint density at radius 3 is 2.79 bits per heavy atom. The van der Waals surface area contributed by atoms with Gasteiger partial charge >= 0.3 is 6.03 Å². The number of hydrogen-bond donors (Lipinski definition) is 2. The summed E-state index contributed by atoms with van der Waals surface area (Å²) in [6.45, 7) is 1.99.